The van der Waals surface area contributed by atoms with Crippen LogP contribution in [-0.2, 0) is 4.79 Å². The second-order valence-corrected chi connectivity index (χ2v) is 2.97. The molecule has 0 spiro atoms. The van der Waals surface area contributed by atoms with Crippen molar-refractivity contribution >= 4 is 5.91 Å². The van der Waals surface area contributed by atoms with Gasteiger partial charge in [-0.25, -0.2) is 5.01 Å². The number of hydrogen-bond donors (Lipinski definition) is 1. The molecular formula is C8H15N3O. The number of hydrazine groups is 1. The van der Waals surface area contributed by atoms with Gasteiger partial charge in [0.05, 0.1) is 0 Å². The molecule has 0 aromatic heterocycles. The summed E-state index contributed by atoms with van der Waals surface area (Å²) in [7, 11) is 2.08. The molecule has 1 aliphatic heterocycles. The molecule has 1 N–H and O–H groups in total. The lowest BCUT2D eigenvalue weighted by Crippen LogP contribution is -2.52. The Morgan fingerprint density at radius 2 is 2.00 bits per heavy atom. The molecule has 1 fully saturated rings. The van der Waals surface area contributed by atoms with E-state index >= 15 is 0 Å². The molecule has 1 amide bonds. The first-order valence-electron chi connectivity index (χ1n) is 4.09. The molecule has 68 valence electrons. The van der Waals surface area contributed by atoms with Crippen molar-refractivity contribution in [3.05, 3.63) is 12.7 Å². The Hall–Kier alpha value is -0.870. The molecule has 1 heterocycles. The Morgan fingerprint density at radius 3 is 2.50 bits per heavy atom. The van der Waals surface area contributed by atoms with Crippen LogP contribution in [0.1, 0.15) is 0 Å². The first kappa shape index (κ1) is 9.22. The molecular weight excluding hydrogens is 154 g/mol. The van der Waals surface area contributed by atoms with E-state index in [1.807, 2.05) is 5.01 Å². The molecule has 1 aliphatic rings. The number of amides is 1. The Bertz CT molecular complexity index is 173. The zero-order valence-electron chi connectivity index (χ0n) is 7.42. The van der Waals surface area contributed by atoms with Gasteiger partial charge in [0.2, 0.25) is 0 Å². The van der Waals surface area contributed by atoms with Gasteiger partial charge in [0.1, 0.15) is 0 Å². The Morgan fingerprint density at radius 1 is 1.42 bits per heavy atom. The summed E-state index contributed by atoms with van der Waals surface area (Å²) in [5, 5.41) is 1.92. The molecule has 4 heteroatoms. The van der Waals surface area contributed by atoms with E-state index in [9.17, 15) is 4.79 Å². The maximum absolute atomic E-state index is 10.9. The summed E-state index contributed by atoms with van der Waals surface area (Å²) in [5.41, 5.74) is 2.74. The average molecular weight is 169 g/mol. The van der Waals surface area contributed by atoms with Crippen molar-refractivity contribution in [3.63, 3.8) is 0 Å². The van der Waals surface area contributed by atoms with Crippen molar-refractivity contribution < 1.29 is 4.79 Å². The minimum atomic E-state index is -0.125. The maximum Gasteiger partial charge on any atom is 0.257 e. The van der Waals surface area contributed by atoms with E-state index in [1.54, 1.807) is 0 Å². The van der Waals surface area contributed by atoms with E-state index in [-0.39, 0.29) is 5.91 Å². The third kappa shape index (κ3) is 2.64. The van der Waals surface area contributed by atoms with Gasteiger partial charge in [0.15, 0.2) is 0 Å². The molecule has 0 aliphatic carbocycles. The topological polar surface area (TPSA) is 35.6 Å². The summed E-state index contributed by atoms with van der Waals surface area (Å²) >= 11 is 0. The summed E-state index contributed by atoms with van der Waals surface area (Å²) < 4.78 is 0. The Balaban J connectivity index is 2.26. The number of carbonyl (C=O) groups excluding carboxylic acids is 1. The molecule has 0 saturated carbocycles. The van der Waals surface area contributed by atoms with Crippen LogP contribution in [0.3, 0.4) is 0 Å². The lowest BCUT2D eigenvalue weighted by atomic mass is 10.4. The molecule has 0 unspecified atom stereocenters. The third-order valence-corrected chi connectivity index (χ3v) is 1.96. The minimum absolute atomic E-state index is 0.125. The first-order chi connectivity index (χ1) is 5.72. The van der Waals surface area contributed by atoms with E-state index in [2.05, 4.69) is 24.0 Å². The van der Waals surface area contributed by atoms with Crippen molar-refractivity contribution in [1.82, 2.24) is 15.3 Å². The number of hydrogen-bond acceptors (Lipinski definition) is 3. The van der Waals surface area contributed by atoms with E-state index in [0.717, 1.165) is 26.2 Å². The molecule has 0 aromatic rings. The van der Waals surface area contributed by atoms with Crippen LogP contribution in [-0.4, -0.2) is 49.0 Å². The smallest absolute Gasteiger partial charge is 0.257 e. The van der Waals surface area contributed by atoms with Crippen LogP contribution in [0.2, 0.25) is 0 Å². The van der Waals surface area contributed by atoms with Crippen molar-refractivity contribution in [2.45, 2.75) is 0 Å². The summed E-state index contributed by atoms with van der Waals surface area (Å²) in [4.78, 5) is 13.1. The largest absolute Gasteiger partial charge is 0.304 e. The number of likely N-dealkylation sites (N-methyl/N-ethyl adjacent to an activating group) is 1. The van der Waals surface area contributed by atoms with Gasteiger partial charge < -0.3 is 4.90 Å². The molecule has 0 atom stereocenters. The summed E-state index contributed by atoms with van der Waals surface area (Å²) in [5.74, 6) is -0.125. The number of rotatable bonds is 2. The predicted molar refractivity (Wildman–Crippen MR) is 47.4 cm³/mol. The van der Waals surface area contributed by atoms with Crippen LogP contribution < -0.4 is 5.43 Å². The average Bonchev–Trinajstić information content (AvgIpc) is 2.09. The maximum atomic E-state index is 10.9. The third-order valence-electron chi connectivity index (χ3n) is 1.96. The summed E-state index contributed by atoms with van der Waals surface area (Å²) in [6, 6.07) is 0. The first-order valence-corrected chi connectivity index (χ1v) is 4.09. The van der Waals surface area contributed by atoms with Crippen LogP contribution in [0.5, 0.6) is 0 Å². The normalized spacial score (nSPS) is 20.4. The van der Waals surface area contributed by atoms with Crippen LogP contribution >= 0.6 is 0 Å². The summed E-state index contributed by atoms with van der Waals surface area (Å²) in [6.07, 6.45) is 1.29. The van der Waals surface area contributed by atoms with Crippen molar-refractivity contribution in [3.8, 4) is 0 Å². The van der Waals surface area contributed by atoms with Gasteiger partial charge in [-0.1, -0.05) is 6.58 Å². The van der Waals surface area contributed by atoms with E-state index in [4.69, 9.17) is 0 Å². The molecule has 0 bridgehead atoms. The van der Waals surface area contributed by atoms with Gasteiger partial charge in [-0.3, -0.25) is 10.2 Å². The number of piperazine rings is 1. The van der Waals surface area contributed by atoms with Gasteiger partial charge in [0, 0.05) is 26.2 Å². The fourth-order valence-electron chi connectivity index (χ4n) is 1.12. The lowest BCUT2D eigenvalue weighted by Gasteiger charge is -2.31. The van der Waals surface area contributed by atoms with Crippen LogP contribution in [0, 0.1) is 0 Å². The lowest BCUT2D eigenvalue weighted by molar-refractivity contribution is -0.121. The molecule has 12 heavy (non-hydrogen) atoms. The van der Waals surface area contributed by atoms with Crippen LogP contribution in [0.4, 0.5) is 0 Å². The highest BCUT2D eigenvalue weighted by molar-refractivity contribution is 5.86. The SMILES string of the molecule is C=CC(=O)NN1CCN(C)CC1. The summed E-state index contributed by atoms with van der Waals surface area (Å²) in [6.45, 7) is 7.16. The zero-order chi connectivity index (χ0) is 8.97. The highest BCUT2D eigenvalue weighted by Gasteiger charge is 2.13. The van der Waals surface area contributed by atoms with Crippen molar-refractivity contribution in [2.24, 2.45) is 0 Å². The molecule has 0 aromatic carbocycles. The monoisotopic (exact) mass is 169 g/mol. The molecule has 1 rings (SSSR count). The van der Waals surface area contributed by atoms with Gasteiger partial charge in [-0.15, -0.1) is 0 Å². The number of carbonyl (C=O) groups is 1. The molecule has 4 nitrogen and oxygen atoms in total. The van der Waals surface area contributed by atoms with Gasteiger partial charge in [-0.2, -0.15) is 0 Å². The van der Waals surface area contributed by atoms with Crippen LogP contribution in [0.15, 0.2) is 12.7 Å². The second kappa shape index (κ2) is 4.23. The van der Waals surface area contributed by atoms with E-state index < -0.39 is 0 Å². The van der Waals surface area contributed by atoms with Gasteiger partial charge >= 0.3 is 0 Å². The number of nitrogens with zero attached hydrogens (tertiary/aromatic N) is 2. The fraction of sp³-hybridized carbons (Fsp3) is 0.625. The standard InChI is InChI=1S/C8H15N3O/c1-3-8(12)9-11-6-4-10(2)5-7-11/h3H,1,4-7H2,2H3,(H,9,12). The highest BCUT2D eigenvalue weighted by atomic mass is 16.2. The van der Waals surface area contributed by atoms with Gasteiger partial charge in [0.25, 0.3) is 5.91 Å². The van der Waals surface area contributed by atoms with Gasteiger partial charge in [-0.05, 0) is 13.1 Å². The quantitative estimate of drug-likeness (QED) is 0.563. The predicted octanol–water partition coefficient (Wildman–Crippen LogP) is -0.549. The number of nitrogens with one attached hydrogen (secondary N) is 1. The second-order valence-electron chi connectivity index (χ2n) is 2.97. The van der Waals surface area contributed by atoms with E-state index in [0.29, 0.717) is 0 Å². The highest BCUT2D eigenvalue weighted by Crippen LogP contribution is 1.94. The Labute approximate surface area is 72.8 Å². The van der Waals surface area contributed by atoms with E-state index in [1.165, 1.54) is 6.08 Å². The molecule has 0 radical (unpaired) electrons. The Kier molecular flexibility index (Phi) is 3.25. The molecule has 1 saturated heterocycles. The minimum Gasteiger partial charge on any atom is -0.304 e. The van der Waals surface area contributed by atoms with Crippen molar-refractivity contribution in [2.75, 3.05) is 33.2 Å². The van der Waals surface area contributed by atoms with Crippen molar-refractivity contribution in [1.29, 1.82) is 0 Å². The fourth-order valence-corrected chi connectivity index (χ4v) is 1.12. The van der Waals surface area contributed by atoms with Crippen LogP contribution in [0.25, 0.3) is 0 Å². The zero-order valence-corrected chi connectivity index (χ0v) is 7.42.